The van der Waals surface area contributed by atoms with E-state index in [0.29, 0.717) is 19.3 Å². The first-order valence-corrected chi connectivity index (χ1v) is 35.5. The average Bonchev–Trinajstić information content (AvgIpc) is 3.43. The largest absolute Gasteiger partial charge is 0.462 e. The second-order valence-corrected chi connectivity index (χ2v) is 24.5. The smallest absolute Gasteiger partial charge is 0.306 e. The van der Waals surface area contributed by atoms with E-state index in [1.54, 1.807) is 0 Å². The van der Waals surface area contributed by atoms with Crippen molar-refractivity contribution in [2.75, 3.05) is 13.2 Å². The average molecular weight is 1090 g/mol. The van der Waals surface area contributed by atoms with Crippen molar-refractivity contribution < 1.29 is 28.6 Å². The van der Waals surface area contributed by atoms with Gasteiger partial charge in [-0.15, -0.1) is 0 Å². The summed E-state index contributed by atoms with van der Waals surface area (Å²) < 4.78 is 16.9. The highest BCUT2D eigenvalue weighted by Crippen LogP contribution is 2.20. The molecule has 458 valence electrons. The third kappa shape index (κ3) is 65.1. The molecule has 0 aliphatic heterocycles. The molecule has 0 aliphatic carbocycles. The van der Waals surface area contributed by atoms with Crippen LogP contribution in [0.1, 0.15) is 419 Å². The summed E-state index contributed by atoms with van der Waals surface area (Å²) >= 11 is 0. The maximum absolute atomic E-state index is 12.9. The molecule has 0 N–H and O–H groups in total. The minimum Gasteiger partial charge on any atom is -0.462 e. The van der Waals surface area contributed by atoms with Gasteiger partial charge < -0.3 is 14.2 Å². The predicted octanol–water partition coefficient (Wildman–Crippen LogP) is 24.2. The van der Waals surface area contributed by atoms with Gasteiger partial charge in [-0.25, -0.2) is 0 Å². The molecule has 0 spiro atoms. The van der Waals surface area contributed by atoms with Gasteiger partial charge in [0.1, 0.15) is 13.2 Å². The molecule has 0 heterocycles. The molecule has 0 bridgehead atoms. The molecule has 6 heteroatoms. The minimum absolute atomic E-state index is 0.0608. The topological polar surface area (TPSA) is 78.9 Å². The molecule has 1 unspecified atom stereocenters. The van der Waals surface area contributed by atoms with Crippen molar-refractivity contribution in [3.8, 4) is 0 Å². The van der Waals surface area contributed by atoms with E-state index in [-0.39, 0.29) is 31.1 Å². The molecule has 0 aromatic heterocycles. The number of hydrogen-bond donors (Lipinski definition) is 0. The fourth-order valence-electron chi connectivity index (χ4n) is 11.3. The van der Waals surface area contributed by atoms with Crippen molar-refractivity contribution >= 4 is 17.9 Å². The normalized spacial score (nSPS) is 11.9. The Kier molecular flexibility index (Phi) is 65.5. The SMILES string of the molecule is CCCCCCCCCCCCCCCCCCCCCCCCCCCCCCCCC(=O)OCC(COC(=O)CCCCCCCCCCC)OC(=O)CCCCCCCCCCCCCCCCCCCCCC. The first kappa shape index (κ1) is 75.4. The second-order valence-electron chi connectivity index (χ2n) is 24.5. The zero-order valence-corrected chi connectivity index (χ0v) is 52.8. The van der Waals surface area contributed by atoms with Crippen LogP contribution in [0.25, 0.3) is 0 Å². The molecule has 0 fully saturated rings. The molecular formula is C71H138O6. The van der Waals surface area contributed by atoms with Crippen LogP contribution in [-0.4, -0.2) is 37.2 Å². The third-order valence-electron chi connectivity index (χ3n) is 16.6. The van der Waals surface area contributed by atoms with Crippen molar-refractivity contribution in [3.63, 3.8) is 0 Å². The monoisotopic (exact) mass is 1090 g/mol. The molecule has 0 rings (SSSR count). The Morgan fingerprint density at radius 2 is 0.351 bits per heavy atom. The van der Waals surface area contributed by atoms with Gasteiger partial charge in [0.25, 0.3) is 0 Å². The summed E-state index contributed by atoms with van der Waals surface area (Å²) in [7, 11) is 0. The van der Waals surface area contributed by atoms with Gasteiger partial charge in [0.05, 0.1) is 0 Å². The Hall–Kier alpha value is -1.59. The van der Waals surface area contributed by atoms with Gasteiger partial charge in [-0.2, -0.15) is 0 Å². The van der Waals surface area contributed by atoms with E-state index in [2.05, 4.69) is 20.8 Å². The van der Waals surface area contributed by atoms with Crippen molar-refractivity contribution in [1.29, 1.82) is 0 Å². The summed E-state index contributed by atoms with van der Waals surface area (Å²) in [4.78, 5) is 38.3. The van der Waals surface area contributed by atoms with E-state index in [0.717, 1.165) is 57.8 Å². The summed E-state index contributed by atoms with van der Waals surface area (Å²) in [6.07, 6.45) is 78.8. The molecule has 0 amide bonds. The molecule has 0 saturated heterocycles. The van der Waals surface area contributed by atoms with E-state index in [4.69, 9.17) is 14.2 Å². The van der Waals surface area contributed by atoms with Crippen molar-refractivity contribution in [2.24, 2.45) is 0 Å². The van der Waals surface area contributed by atoms with Crippen LogP contribution >= 0.6 is 0 Å². The molecule has 1 atom stereocenters. The molecule has 77 heavy (non-hydrogen) atoms. The summed E-state index contributed by atoms with van der Waals surface area (Å²) in [5, 5.41) is 0. The molecule has 0 radical (unpaired) electrons. The zero-order valence-electron chi connectivity index (χ0n) is 52.8. The number of esters is 3. The number of rotatable bonds is 67. The van der Waals surface area contributed by atoms with Crippen molar-refractivity contribution in [3.05, 3.63) is 0 Å². The van der Waals surface area contributed by atoms with Gasteiger partial charge in [-0.3, -0.25) is 14.4 Å². The van der Waals surface area contributed by atoms with Gasteiger partial charge in [-0.05, 0) is 19.3 Å². The zero-order chi connectivity index (χ0) is 55.7. The number of carbonyl (C=O) groups is 3. The van der Waals surface area contributed by atoms with Gasteiger partial charge in [0.2, 0.25) is 0 Å². The lowest BCUT2D eigenvalue weighted by atomic mass is 10.0. The Balaban J connectivity index is 4.03. The second kappa shape index (κ2) is 66.9. The van der Waals surface area contributed by atoms with Crippen molar-refractivity contribution in [1.82, 2.24) is 0 Å². The lowest BCUT2D eigenvalue weighted by Crippen LogP contribution is -2.30. The van der Waals surface area contributed by atoms with Crippen LogP contribution < -0.4 is 0 Å². The molecule has 0 aliphatic rings. The Morgan fingerprint density at radius 1 is 0.208 bits per heavy atom. The van der Waals surface area contributed by atoms with E-state index in [9.17, 15) is 14.4 Å². The third-order valence-corrected chi connectivity index (χ3v) is 16.6. The van der Waals surface area contributed by atoms with E-state index in [1.807, 2.05) is 0 Å². The standard InChI is InChI=1S/C71H138O6/c1-4-7-10-13-16-19-21-23-25-27-29-31-32-33-34-35-36-37-38-39-40-42-43-45-47-49-52-55-58-61-64-70(73)76-67-68(66-75-69(72)63-60-57-54-51-18-15-12-9-6-3)77-71(74)65-62-59-56-53-50-48-46-44-41-30-28-26-24-22-20-17-14-11-8-5-2/h68H,4-67H2,1-3H3. The maximum Gasteiger partial charge on any atom is 0.306 e. The van der Waals surface area contributed by atoms with E-state index in [1.165, 1.54) is 321 Å². The predicted molar refractivity (Wildman–Crippen MR) is 335 cm³/mol. The van der Waals surface area contributed by atoms with Crippen LogP contribution in [0, 0.1) is 0 Å². The Morgan fingerprint density at radius 3 is 0.519 bits per heavy atom. The Labute approximate surface area is 482 Å². The number of carbonyl (C=O) groups excluding carboxylic acids is 3. The quantitative estimate of drug-likeness (QED) is 0.0343. The minimum atomic E-state index is -0.762. The Bertz CT molecular complexity index is 1160. The summed E-state index contributed by atoms with van der Waals surface area (Å²) in [5.41, 5.74) is 0. The summed E-state index contributed by atoms with van der Waals surface area (Å²) in [5.74, 6) is -0.827. The van der Waals surface area contributed by atoms with Crippen LogP contribution in [0.5, 0.6) is 0 Å². The van der Waals surface area contributed by atoms with Gasteiger partial charge in [-0.1, -0.05) is 380 Å². The summed E-state index contributed by atoms with van der Waals surface area (Å²) in [6, 6.07) is 0. The number of ether oxygens (including phenoxy) is 3. The molecule has 0 aromatic carbocycles. The highest BCUT2D eigenvalue weighted by molar-refractivity contribution is 5.71. The first-order chi connectivity index (χ1) is 38.0. The van der Waals surface area contributed by atoms with Crippen LogP contribution in [0.4, 0.5) is 0 Å². The van der Waals surface area contributed by atoms with E-state index < -0.39 is 6.10 Å². The molecule has 0 saturated carbocycles. The highest BCUT2D eigenvalue weighted by atomic mass is 16.6. The van der Waals surface area contributed by atoms with Gasteiger partial charge in [0.15, 0.2) is 6.10 Å². The van der Waals surface area contributed by atoms with Crippen LogP contribution in [0.3, 0.4) is 0 Å². The number of hydrogen-bond acceptors (Lipinski definition) is 6. The fourth-order valence-corrected chi connectivity index (χ4v) is 11.3. The molecule has 0 aromatic rings. The fraction of sp³-hybridized carbons (Fsp3) is 0.958. The van der Waals surface area contributed by atoms with Crippen LogP contribution in [0.15, 0.2) is 0 Å². The van der Waals surface area contributed by atoms with Crippen LogP contribution in [0.2, 0.25) is 0 Å². The van der Waals surface area contributed by atoms with E-state index >= 15 is 0 Å². The lowest BCUT2D eigenvalue weighted by Gasteiger charge is -2.18. The molecule has 6 nitrogen and oxygen atoms in total. The molecular weight excluding hydrogens is 949 g/mol. The van der Waals surface area contributed by atoms with Crippen LogP contribution in [-0.2, 0) is 28.6 Å². The van der Waals surface area contributed by atoms with Crippen molar-refractivity contribution in [2.45, 2.75) is 425 Å². The van der Waals surface area contributed by atoms with Gasteiger partial charge in [0, 0.05) is 19.3 Å². The first-order valence-electron chi connectivity index (χ1n) is 35.5. The maximum atomic E-state index is 12.9. The van der Waals surface area contributed by atoms with Gasteiger partial charge >= 0.3 is 17.9 Å². The highest BCUT2D eigenvalue weighted by Gasteiger charge is 2.19. The lowest BCUT2D eigenvalue weighted by molar-refractivity contribution is -0.167. The number of unbranched alkanes of at least 4 members (excludes halogenated alkanes) is 56. The summed E-state index contributed by atoms with van der Waals surface area (Å²) in [6.45, 7) is 6.72.